The van der Waals surface area contributed by atoms with Gasteiger partial charge in [-0.25, -0.2) is 19.6 Å². The van der Waals surface area contributed by atoms with Gasteiger partial charge in [-0.1, -0.05) is 12.1 Å². The standard InChI is InChI=1S/C38H50N10O4/c1-38(2,3)52-37(50)48-17-14-26(24-48)42-35-32(29-8-7-9-30(51-6)31(29)40-4)43-33(34(39)49)36(44-35)41-25-10-12-27(13-11-25)46-18-15-28(16-19-46)47-22-20-45(5)21-23-47/h7-13,26,28H,14-24H2,1-3,5-6H3,(H2,39,49)(H2,41,42,44)/t26-/m1/s1. The van der Waals surface area contributed by atoms with Crippen LogP contribution in [0.15, 0.2) is 42.5 Å². The average Bonchev–Trinajstić information content (AvgIpc) is 3.60. The van der Waals surface area contributed by atoms with Crippen molar-refractivity contribution in [1.82, 2.24) is 24.7 Å². The van der Waals surface area contributed by atoms with E-state index in [1.807, 2.05) is 32.9 Å². The first-order valence-corrected chi connectivity index (χ1v) is 18.0. The van der Waals surface area contributed by atoms with Crippen LogP contribution >= 0.6 is 0 Å². The first-order valence-electron chi connectivity index (χ1n) is 18.0. The van der Waals surface area contributed by atoms with E-state index in [1.54, 1.807) is 23.1 Å². The third kappa shape index (κ3) is 8.49. The highest BCUT2D eigenvalue weighted by Crippen LogP contribution is 2.41. The molecule has 1 atom stereocenters. The van der Waals surface area contributed by atoms with Crippen molar-refractivity contribution in [2.45, 2.75) is 57.7 Å². The molecule has 0 aliphatic carbocycles. The van der Waals surface area contributed by atoms with E-state index in [2.05, 4.69) is 49.4 Å². The molecule has 14 nitrogen and oxygen atoms in total. The topological polar surface area (TPSA) is 146 Å². The molecule has 0 bridgehead atoms. The molecule has 3 fully saturated rings. The van der Waals surface area contributed by atoms with E-state index in [9.17, 15) is 9.59 Å². The Morgan fingerprint density at radius 1 is 0.942 bits per heavy atom. The monoisotopic (exact) mass is 710 g/mol. The Labute approximate surface area is 306 Å². The Hall–Kier alpha value is -5.13. The van der Waals surface area contributed by atoms with Gasteiger partial charge in [-0.15, -0.1) is 0 Å². The summed E-state index contributed by atoms with van der Waals surface area (Å²) in [5.74, 6) is 0.103. The van der Waals surface area contributed by atoms with E-state index in [0.717, 1.165) is 57.8 Å². The fourth-order valence-corrected chi connectivity index (χ4v) is 7.11. The zero-order chi connectivity index (χ0) is 37.0. The number of ether oxygens (including phenoxy) is 2. The molecule has 52 heavy (non-hydrogen) atoms. The number of carbonyl (C=O) groups excluding carboxylic acids is 2. The summed E-state index contributed by atoms with van der Waals surface area (Å²) in [5.41, 5.74) is 7.99. The largest absolute Gasteiger partial charge is 0.508 e. The van der Waals surface area contributed by atoms with Gasteiger partial charge in [-0.05, 0) is 77.4 Å². The molecule has 3 saturated heterocycles. The predicted molar refractivity (Wildman–Crippen MR) is 203 cm³/mol. The van der Waals surface area contributed by atoms with Crippen LogP contribution in [0.4, 0.5) is 33.5 Å². The van der Waals surface area contributed by atoms with Crippen LogP contribution in [0.5, 0.6) is 5.75 Å². The number of likely N-dealkylation sites (tertiary alicyclic amines) is 1. The van der Waals surface area contributed by atoms with Crippen molar-refractivity contribution in [2.75, 3.05) is 82.0 Å². The molecule has 2 aromatic carbocycles. The molecule has 3 aliphatic heterocycles. The van der Waals surface area contributed by atoms with Gasteiger partial charge >= 0.3 is 6.09 Å². The minimum Gasteiger partial charge on any atom is -0.508 e. The highest BCUT2D eigenvalue weighted by molar-refractivity contribution is 5.98. The summed E-state index contributed by atoms with van der Waals surface area (Å²) in [5, 5.41) is 6.72. The van der Waals surface area contributed by atoms with E-state index in [1.165, 1.54) is 7.11 Å². The van der Waals surface area contributed by atoms with Gasteiger partial charge in [-0.2, -0.15) is 0 Å². The number of anilines is 4. The van der Waals surface area contributed by atoms with Crippen molar-refractivity contribution in [3.05, 3.63) is 59.6 Å². The average molecular weight is 711 g/mol. The number of hydrogen-bond donors (Lipinski definition) is 3. The zero-order valence-electron chi connectivity index (χ0n) is 30.8. The molecular weight excluding hydrogens is 660 g/mol. The molecule has 1 aromatic heterocycles. The van der Waals surface area contributed by atoms with Crippen molar-refractivity contribution >= 4 is 40.7 Å². The molecule has 276 valence electrons. The number of primary amides is 1. The highest BCUT2D eigenvalue weighted by Gasteiger charge is 2.32. The molecule has 4 N–H and O–H groups in total. The van der Waals surface area contributed by atoms with Crippen LogP contribution in [0.2, 0.25) is 0 Å². The number of para-hydroxylation sites is 1. The second-order valence-electron chi connectivity index (χ2n) is 14.7. The summed E-state index contributed by atoms with van der Waals surface area (Å²) in [6.07, 6.45) is 2.52. The van der Waals surface area contributed by atoms with Crippen molar-refractivity contribution < 1.29 is 19.1 Å². The number of likely N-dealkylation sites (N-methyl/N-ethyl adjacent to an activating group) is 1. The molecule has 0 unspecified atom stereocenters. The van der Waals surface area contributed by atoms with Crippen LogP contribution in [0.3, 0.4) is 0 Å². The zero-order valence-corrected chi connectivity index (χ0v) is 30.8. The number of aromatic nitrogens is 2. The van der Waals surface area contributed by atoms with Gasteiger partial charge in [0.1, 0.15) is 17.0 Å². The molecule has 0 spiro atoms. The summed E-state index contributed by atoms with van der Waals surface area (Å²) in [7, 11) is 3.68. The number of rotatable bonds is 9. The number of nitrogens with two attached hydrogens (primary N) is 1. The SMILES string of the molecule is [C-]#[N+]c1c(OC)cccc1-c1nc(C(N)=O)c(Nc2ccc(N3CCC(N4CCN(C)CC4)CC3)cc2)nc1N[C@@H]1CCN(C(=O)OC(C)(C)C)C1. The summed E-state index contributed by atoms with van der Waals surface area (Å²) in [6, 6.07) is 13.7. The van der Waals surface area contributed by atoms with Gasteiger partial charge < -0.3 is 40.5 Å². The minimum absolute atomic E-state index is 0.0730. The number of piperidine rings is 1. The van der Waals surface area contributed by atoms with E-state index in [4.69, 9.17) is 31.7 Å². The van der Waals surface area contributed by atoms with Crippen LogP contribution in [0, 0.1) is 6.57 Å². The fraction of sp³-hybridized carbons (Fsp3) is 0.500. The van der Waals surface area contributed by atoms with Gasteiger partial charge in [0.25, 0.3) is 5.91 Å². The number of benzene rings is 2. The second kappa shape index (κ2) is 15.6. The molecule has 6 rings (SSSR count). The van der Waals surface area contributed by atoms with Crippen LogP contribution in [-0.4, -0.2) is 121 Å². The number of amides is 2. The summed E-state index contributed by atoms with van der Waals surface area (Å²) >= 11 is 0. The van der Waals surface area contributed by atoms with Gasteiger partial charge in [0.2, 0.25) is 5.69 Å². The lowest BCUT2D eigenvalue weighted by molar-refractivity contribution is 0.0293. The van der Waals surface area contributed by atoms with Crippen molar-refractivity contribution in [3.8, 4) is 17.0 Å². The fourth-order valence-electron chi connectivity index (χ4n) is 7.11. The molecule has 0 radical (unpaired) electrons. The third-order valence-corrected chi connectivity index (χ3v) is 9.91. The van der Waals surface area contributed by atoms with Crippen LogP contribution in [-0.2, 0) is 4.74 Å². The van der Waals surface area contributed by atoms with Gasteiger partial charge in [0.05, 0.1) is 13.7 Å². The van der Waals surface area contributed by atoms with E-state index in [-0.39, 0.29) is 35.0 Å². The number of piperazine rings is 1. The maximum atomic E-state index is 12.9. The number of nitrogens with one attached hydrogen (secondary N) is 2. The summed E-state index contributed by atoms with van der Waals surface area (Å²) < 4.78 is 11.1. The lowest BCUT2D eigenvalue weighted by Gasteiger charge is -2.42. The lowest BCUT2D eigenvalue weighted by atomic mass is 10.0. The van der Waals surface area contributed by atoms with Crippen molar-refractivity contribution in [3.63, 3.8) is 0 Å². The Morgan fingerprint density at radius 3 is 2.29 bits per heavy atom. The molecule has 14 heteroatoms. The molecule has 3 aliphatic rings. The van der Waals surface area contributed by atoms with E-state index in [0.29, 0.717) is 48.4 Å². The summed E-state index contributed by atoms with van der Waals surface area (Å²) in [6.45, 7) is 20.8. The van der Waals surface area contributed by atoms with Crippen molar-refractivity contribution in [1.29, 1.82) is 0 Å². The molecule has 3 aromatic rings. The molecule has 4 heterocycles. The highest BCUT2D eigenvalue weighted by atomic mass is 16.6. The van der Waals surface area contributed by atoms with Crippen LogP contribution in [0.1, 0.15) is 50.5 Å². The normalized spacial score (nSPS) is 18.9. The van der Waals surface area contributed by atoms with Crippen LogP contribution < -0.4 is 26.0 Å². The Bertz CT molecular complexity index is 1790. The predicted octanol–water partition coefficient (Wildman–Crippen LogP) is 5.18. The Balaban J connectivity index is 1.24. The maximum absolute atomic E-state index is 12.9. The molecule has 2 amide bonds. The third-order valence-electron chi connectivity index (χ3n) is 9.91. The summed E-state index contributed by atoms with van der Waals surface area (Å²) in [4.78, 5) is 48.2. The van der Waals surface area contributed by atoms with Gasteiger partial charge in [-0.3, -0.25) is 9.69 Å². The number of carbonyl (C=O) groups is 2. The number of hydrogen-bond acceptors (Lipinski definition) is 11. The lowest BCUT2D eigenvalue weighted by Crippen LogP contribution is -2.52. The minimum atomic E-state index is -0.771. The smallest absolute Gasteiger partial charge is 0.410 e. The maximum Gasteiger partial charge on any atom is 0.410 e. The molecular formula is C38H50N10O4. The van der Waals surface area contributed by atoms with E-state index < -0.39 is 11.5 Å². The van der Waals surface area contributed by atoms with Crippen molar-refractivity contribution in [2.24, 2.45) is 5.73 Å². The first-order chi connectivity index (χ1) is 24.9. The van der Waals surface area contributed by atoms with Gasteiger partial charge in [0, 0.05) is 81.4 Å². The number of methoxy groups -OCH3 is 1. The van der Waals surface area contributed by atoms with E-state index >= 15 is 0 Å². The van der Waals surface area contributed by atoms with Gasteiger partial charge in [0.15, 0.2) is 17.3 Å². The molecule has 0 saturated carbocycles. The Morgan fingerprint density at radius 2 is 1.65 bits per heavy atom. The first kappa shape index (κ1) is 36.7. The number of nitrogens with zero attached hydrogens (tertiary/aromatic N) is 7. The van der Waals surface area contributed by atoms with Crippen LogP contribution in [0.25, 0.3) is 16.1 Å². The quantitative estimate of drug-likeness (QED) is 0.253. The Kier molecular flexibility index (Phi) is 11.0. The second-order valence-corrected chi connectivity index (χ2v) is 14.7.